The summed E-state index contributed by atoms with van der Waals surface area (Å²) in [6.07, 6.45) is 7.12. The van der Waals surface area contributed by atoms with E-state index in [-0.39, 0.29) is 0 Å². The third-order valence-electron chi connectivity index (χ3n) is 5.00. The molecule has 0 spiro atoms. The number of rotatable bonds is 3. The quantitative estimate of drug-likeness (QED) is 0.869. The Balaban J connectivity index is 1.90. The van der Waals surface area contributed by atoms with Crippen LogP contribution in [0.2, 0.25) is 0 Å². The van der Waals surface area contributed by atoms with Gasteiger partial charge < -0.3 is 5.32 Å². The lowest BCUT2D eigenvalue weighted by atomic mass is 9.70. The fourth-order valence-corrected chi connectivity index (χ4v) is 4.79. The highest BCUT2D eigenvalue weighted by Gasteiger charge is 2.34. The number of piperidine rings is 1. The van der Waals surface area contributed by atoms with E-state index >= 15 is 0 Å². The van der Waals surface area contributed by atoms with Crippen LogP contribution in [0.15, 0.2) is 0 Å². The van der Waals surface area contributed by atoms with Crippen molar-refractivity contribution in [2.45, 2.75) is 65.0 Å². The lowest BCUT2D eigenvalue weighted by molar-refractivity contribution is 0.132. The summed E-state index contributed by atoms with van der Waals surface area (Å²) < 4.78 is 25.0. The van der Waals surface area contributed by atoms with Crippen molar-refractivity contribution in [1.82, 2.24) is 9.62 Å². The Kier molecular flexibility index (Phi) is 4.82. The Hall–Kier alpha value is -0.130. The molecule has 5 heteroatoms. The van der Waals surface area contributed by atoms with Gasteiger partial charge in [-0.05, 0) is 43.4 Å². The average molecular weight is 302 g/mol. The summed E-state index contributed by atoms with van der Waals surface area (Å²) in [4.78, 5) is 0. The monoisotopic (exact) mass is 302 g/mol. The second kappa shape index (κ2) is 5.93. The average Bonchev–Trinajstić information content (AvgIpc) is 2.32. The fraction of sp³-hybridized carbons (Fsp3) is 1.00. The zero-order valence-corrected chi connectivity index (χ0v) is 14.2. The molecule has 1 aliphatic carbocycles. The van der Waals surface area contributed by atoms with Gasteiger partial charge in [0.25, 0.3) is 0 Å². The molecule has 0 unspecified atom stereocenters. The van der Waals surface area contributed by atoms with Gasteiger partial charge in [0.2, 0.25) is 10.0 Å². The second-order valence-electron chi connectivity index (χ2n) is 7.62. The molecule has 20 heavy (non-hydrogen) atoms. The number of hydrogen-bond acceptors (Lipinski definition) is 3. The molecule has 1 saturated carbocycles. The van der Waals surface area contributed by atoms with Crippen molar-refractivity contribution in [2.24, 2.45) is 11.3 Å². The van der Waals surface area contributed by atoms with Gasteiger partial charge in [0.1, 0.15) is 0 Å². The van der Waals surface area contributed by atoms with Gasteiger partial charge in [0.05, 0.1) is 6.26 Å². The molecule has 0 aromatic heterocycles. The molecule has 1 N–H and O–H groups in total. The Labute approximate surface area is 124 Å². The molecule has 2 fully saturated rings. The summed E-state index contributed by atoms with van der Waals surface area (Å²) in [6, 6.07) is 0.875. The number of hydrogen-bond donors (Lipinski definition) is 1. The zero-order valence-electron chi connectivity index (χ0n) is 13.4. The van der Waals surface area contributed by atoms with Gasteiger partial charge in [0, 0.05) is 25.2 Å². The SMILES string of the molecule is C[C@@H]1CC(C)(C)CC[C@H]1N[C@H]1CCCN(S(C)(=O)=O)C1. The first-order chi connectivity index (χ1) is 9.17. The van der Waals surface area contributed by atoms with Gasteiger partial charge in [-0.3, -0.25) is 0 Å². The molecule has 1 aliphatic heterocycles. The van der Waals surface area contributed by atoms with Gasteiger partial charge in [-0.1, -0.05) is 20.8 Å². The first kappa shape index (κ1) is 16.2. The highest BCUT2D eigenvalue weighted by molar-refractivity contribution is 7.88. The second-order valence-corrected chi connectivity index (χ2v) is 9.60. The molecule has 2 aliphatic rings. The van der Waals surface area contributed by atoms with Crippen LogP contribution in [0.5, 0.6) is 0 Å². The number of sulfonamides is 1. The third-order valence-corrected chi connectivity index (χ3v) is 6.27. The van der Waals surface area contributed by atoms with Crippen molar-refractivity contribution in [3.63, 3.8) is 0 Å². The summed E-state index contributed by atoms with van der Waals surface area (Å²) in [5.74, 6) is 0.673. The van der Waals surface area contributed by atoms with Gasteiger partial charge in [-0.2, -0.15) is 0 Å². The number of nitrogens with zero attached hydrogens (tertiary/aromatic N) is 1. The molecule has 3 atom stereocenters. The van der Waals surface area contributed by atoms with Crippen molar-refractivity contribution in [3.8, 4) is 0 Å². The lowest BCUT2D eigenvalue weighted by Gasteiger charge is -2.42. The summed E-state index contributed by atoms with van der Waals surface area (Å²) >= 11 is 0. The minimum Gasteiger partial charge on any atom is -0.310 e. The summed E-state index contributed by atoms with van der Waals surface area (Å²) in [7, 11) is -3.04. The van der Waals surface area contributed by atoms with Crippen LogP contribution in [0, 0.1) is 11.3 Å². The normalized spacial score (nSPS) is 35.9. The molecular formula is C15H30N2O2S. The van der Waals surface area contributed by atoms with Crippen LogP contribution >= 0.6 is 0 Å². The molecule has 0 amide bonds. The van der Waals surface area contributed by atoms with E-state index in [1.165, 1.54) is 25.5 Å². The molecule has 4 nitrogen and oxygen atoms in total. The van der Waals surface area contributed by atoms with E-state index in [1.54, 1.807) is 4.31 Å². The van der Waals surface area contributed by atoms with Crippen LogP contribution in [0.3, 0.4) is 0 Å². The molecule has 1 saturated heterocycles. The minimum atomic E-state index is -3.04. The van der Waals surface area contributed by atoms with Crippen LogP contribution in [-0.2, 0) is 10.0 Å². The van der Waals surface area contributed by atoms with Crippen LogP contribution < -0.4 is 5.32 Å². The summed E-state index contributed by atoms with van der Waals surface area (Å²) in [6.45, 7) is 8.36. The third kappa shape index (κ3) is 4.18. The lowest BCUT2D eigenvalue weighted by Crippen LogP contribution is -2.53. The maximum absolute atomic E-state index is 11.7. The van der Waals surface area contributed by atoms with Crippen LogP contribution in [0.4, 0.5) is 0 Å². The van der Waals surface area contributed by atoms with E-state index in [0.717, 1.165) is 12.8 Å². The van der Waals surface area contributed by atoms with Crippen molar-refractivity contribution in [3.05, 3.63) is 0 Å². The van der Waals surface area contributed by atoms with Crippen molar-refractivity contribution in [2.75, 3.05) is 19.3 Å². The maximum atomic E-state index is 11.7. The van der Waals surface area contributed by atoms with Gasteiger partial charge in [0.15, 0.2) is 0 Å². The molecular weight excluding hydrogens is 272 g/mol. The smallest absolute Gasteiger partial charge is 0.211 e. The topological polar surface area (TPSA) is 49.4 Å². The Morgan fingerprint density at radius 1 is 1.25 bits per heavy atom. The predicted molar refractivity (Wildman–Crippen MR) is 83.2 cm³/mol. The van der Waals surface area contributed by atoms with Crippen LogP contribution in [-0.4, -0.2) is 44.2 Å². The Bertz CT molecular complexity index is 433. The van der Waals surface area contributed by atoms with Gasteiger partial charge in [-0.15, -0.1) is 0 Å². The highest BCUT2D eigenvalue weighted by atomic mass is 32.2. The van der Waals surface area contributed by atoms with E-state index in [4.69, 9.17) is 0 Å². The van der Waals surface area contributed by atoms with Crippen molar-refractivity contribution < 1.29 is 8.42 Å². The Morgan fingerprint density at radius 3 is 2.55 bits per heavy atom. The number of nitrogens with one attached hydrogen (secondary N) is 1. The molecule has 118 valence electrons. The largest absolute Gasteiger partial charge is 0.310 e. The minimum absolute atomic E-state index is 0.326. The van der Waals surface area contributed by atoms with E-state index in [2.05, 4.69) is 26.1 Å². The van der Waals surface area contributed by atoms with Gasteiger partial charge in [-0.25, -0.2) is 12.7 Å². The van der Waals surface area contributed by atoms with E-state index in [1.807, 2.05) is 0 Å². The molecule has 2 rings (SSSR count). The predicted octanol–water partition coefficient (Wildman–Crippen LogP) is 2.21. The molecule has 0 aromatic rings. The Morgan fingerprint density at radius 2 is 1.95 bits per heavy atom. The standard InChI is InChI=1S/C15H30N2O2S/c1-12-10-15(2,3)8-7-14(12)16-13-6-5-9-17(11-13)20(4,18)19/h12-14,16H,5-11H2,1-4H3/t12-,13+,14-/m1/s1. The van der Waals surface area contributed by atoms with Gasteiger partial charge >= 0.3 is 0 Å². The summed E-state index contributed by atoms with van der Waals surface area (Å²) in [5, 5.41) is 3.74. The summed E-state index contributed by atoms with van der Waals surface area (Å²) in [5.41, 5.74) is 0.461. The molecule has 0 aromatic carbocycles. The first-order valence-corrected chi connectivity index (χ1v) is 9.73. The van der Waals surface area contributed by atoms with Crippen LogP contribution in [0.25, 0.3) is 0 Å². The molecule has 0 bridgehead atoms. The maximum Gasteiger partial charge on any atom is 0.211 e. The van der Waals surface area contributed by atoms with Crippen LogP contribution in [0.1, 0.15) is 52.9 Å². The molecule has 1 heterocycles. The van der Waals surface area contributed by atoms with E-state index in [0.29, 0.717) is 36.5 Å². The first-order valence-electron chi connectivity index (χ1n) is 7.88. The van der Waals surface area contributed by atoms with Crippen molar-refractivity contribution in [1.29, 1.82) is 0 Å². The fourth-order valence-electron chi connectivity index (χ4n) is 3.88. The zero-order chi connectivity index (χ0) is 15.0. The highest BCUT2D eigenvalue weighted by Crippen LogP contribution is 2.38. The van der Waals surface area contributed by atoms with E-state index in [9.17, 15) is 8.42 Å². The van der Waals surface area contributed by atoms with E-state index < -0.39 is 10.0 Å². The van der Waals surface area contributed by atoms with Crippen molar-refractivity contribution >= 4 is 10.0 Å². The molecule has 0 radical (unpaired) electrons.